The first-order chi connectivity index (χ1) is 12.7. The van der Waals surface area contributed by atoms with E-state index in [2.05, 4.69) is 35.4 Å². The Labute approximate surface area is 154 Å². The molecule has 0 spiro atoms. The highest BCUT2D eigenvalue weighted by Crippen LogP contribution is 2.22. The van der Waals surface area contributed by atoms with Crippen LogP contribution in [0.15, 0.2) is 66.9 Å². The van der Waals surface area contributed by atoms with E-state index < -0.39 is 0 Å². The molecule has 4 nitrogen and oxygen atoms in total. The number of methoxy groups -OCH3 is 2. The maximum Gasteiger partial charge on any atom is 0.119 e. The van der Waals surface area contributed by atoms with Gasteiger partial charge in [-0.2, -0.15) is 0 Å². The zero-order valence-corrected chi connectivity index (χ0v) is 15.4. The molecule has 1 aromatic heterocycles. The number of hydrogen-bond donors (Lipinski definition) is 1. The molecule has 134 valence electrons. The predicted octanol–water partition coefficient (Wildman–Crippen LogP) is 4.62. The topological polar surface area (TPSA) is 43.4 Å². The molecule has 1 heterocycles. The minimum atomic E-state index is 0.225. The van der Waals surface area contributed by atoms with Crippen LogP contribution in [0.5, 0.6) is 11.5 Å². The van der Waals surface area contributed by atoms with Gasteiger partial charge in [0.2, 0.25) is 0 Å². The van der Waals surface area contributed by atoms with E-state index in [4.69, 9.17) is 9.47 Å². The maximum absolute atomic E-state index is 5.30. The molecule has 0 amide bonds. The molecule has 0 fully saturated rings. The van der Waals surface area contributed by atoms with Crippen molar-refractivity contribution in [2.45, 2.75) is 19.5 Å². The van der Waals surface area contributed by atoms with Crippen LogP contribution in [0.2, 0.25) is 0 Å². The third-order valence-corrected chi connectivity index (χ3v) is 4.42. The lowest BCUT2D eigenvalue weighted by Crippen LogP contribution is -2.18. The second kappa shape index (κ2) is 8.50. The van der Waals surface area contributed by atoms with E-state index in [0.717, 1.165) is 29.3 Å². The van der Waals surface area contributed by atoms with Gasteiger partial charge in [0.05, 0.1) is 19.9 Å². The van der Waals surface area contributed by atoms with Crippen LogP contribution in [-0.4, -0.2) is 19.2 Å². The van der Waals surface area contributed by atoms with Gasteiger partial charge in [-0.25, -0.2) is 0 Å². The van der Waals surface area contributed by atoms with Gasteiger partial charge in [-0.3, -0.25) is 4.98 Å². The standard InChI is InChI=1S/C22H24N2O2/c1-16(19-5-4-6-21(14-19)26-3)24-15-17-11-12-23-22(13-17)18-7-9-20(25-2)10-8-18/h4-14,16,24H,15H2,1-3H3/t16-/m1/s1. The van der Waals surface area contributed by atoms with Gasteiger partial charge >= 0.3 is 0 Å². The zero-order valence-electron chi connectivity index (χ0n) is 15.4. The largest absolute Gasteiger partial charge is 0.497 e. The van der Waals surface area contributed by atoms with Crippen molar-refractivity contribution < 1.29 is 9.47 Å². The van der Waals surface area contributed by atoms with Crippen molar-refractivity contribution in [1.29, 1.82) is 0 Å². The fourth-order valence-electron chi connectivity index (χ4n) is 2.80. The number of benzene rings is 2. The Morgan fingerprint density at radius 2 is 1.69 bits per heavy atom. The van der Waals surface area contributed by atoms with Crippen LogP contribution in [0.4, 0.5) is 0 Å². The summed E-state index contributed by atoms with van der Waals surface area (Å²) in [6, 6.07) is 20.5. The minimum absolute atomic E-state index is 0.225. The summed E-state index contributed by atoms with van der Waals surface area (Å²) < 4.78 is 10.5. The zero-order chi connectivity index (χ0) is 18.4. The minimum Gasteiger partial charge on any atom is -0.497 e. The Kier molecular flexibility index (Phi) is 5.87. The summed E-state index contributed by atoms with van der Waals surface area (Å²) in [5, 5.41) is 3.56. The third kappa shape index (κ3) is 4.41. The van der Waals surface area contributed by atoms with Crippen LogP contribution < -0.4 is 14.8 Å². The molecule has 3 rings (SSSR count). The van der Waals surface area contributed by atoms with Crippen LogP contribution in [0, 0.1) is 0 Å². The fraction of sp³-hybridized carbons (Fsp3) is 0.227. The van der Waals surface area contributed by atoms with E-state index in [1.807, 2.05) is 48.7 Å². The van der Waals surface area contributed by atoms with Crippen LogP contribution in [0.3, 0.4) is 0 Å². The van der Waals surface area contributed by atoms with E-state index in [1.54, 1.807) is 14.2 Å². The smallest absolute Gasteiger partial charge is 0.119 e. The molecular formula is C22H24N2O2. The molecule has 0 bridgehead atoms. The van der Waals surface area contributed by atoms with Crippen molar-refractivity contribution in [3.05, 3.63) is 78.0 Å². The first kappa shape index (κ1) is 18.0. The van der Waals surface area contributed by atoms with Crippen molar-refractivity contribution >= 4 is 0 Å². The highest BCUT2D eigenvalue weighted by atomic mass is 16.5. The lowest BCUT2D eigenvalue weighted by atomic mass is 10.1. The second-order valence-electron chi connectivity index (χ2n) is 6.16. The van der Waals surface area contributed by atoms with Gasteiger partial charge in [0.25, 0.3) is 0 Å². The number of pyridine rings is 1. The molecular weight excluding hydrogens is 324 g/mol. The monoisotopic (exact) mass is 348 g/mol. The number of hydrogen-bond acceptors (Lipinski definition) is 4. The molecule has 26 heavy (non-hydrogen) atoms. The summed E-state index contributed by atoms with van der Waals surface area (Å²) >= 11 is 0. The van der Waals surface area contributed by atoms with Crippen LogP contribution in [0.25, 0.3) is 11.3 Å². The van der Waals surface area contributed by atoms with Gasteiger partial charge in [0.1, 0.15) is 11.5 Å². The summed E-state index contributed by atoms with van der Waals surface area (Å²) in [4.78, 5) is 4.49. The summed E-state index contributed by atoms with van der Waals surface area (Å²) in [7, 11) is 3.36. The molecule has 0 unspecified atom stereocenters. The second-order valence-corrected chi connectivity index (χ2v) is 6.16. The molecule has 0 saturated carbocycles. The van der Waals surface area contributed by atoms with E-state index >= 15 is 0 Å². The highest BCUT2D eigenvalue weighted by molar-refractivity contribution is 5.60. The molecule has 0 radical (unpaired) electrons. The van der Waals surface area contributed by atoms with Crippen molar-refractivity contribution in [2.75, 3.05) is 14.2 Å². The molecule has 4 heteroatoms. The van der Waals surface area contributed by atoms with Gasteiger partial charge in [-0.1, -0.05) is 12.1 Å². The first-order valence-electron chi connectivity index (χ1n) is 8.66. The van der Waals surface area contributed by atoms with Crippen LogP contribution >= 0.6 is 0 Å². The summed E-state index contributed by atoms with van der Waals surface area (Å²) in [5.74, 6) is 1.72. The van der Waals surface area contributed by atoms with E-state index in [-0.39, 0.29) is 6.04 Å². The van der Waals surface area contributed by atoms with E-state index in [9.17, 15) is 0 Å². The molecule has 3 aromatic rings. The quantitative estimate of drug-likeness (QED) is 0.677. The molecule has 0 aliphatic rings. The summed E-state index contributed by atoms with van der Waals surface area (Å²) in [6.07, 6.45) is 1.85. The van der Waals surface area contributed by atoms with Gasteiger partial charge in [-0.15, -0.1) is 0 Å². The number of rotatable bonds is 7. The number of aromatic nitrogens is 1. The lowest BCUT2D eigenvalue weighted by molar-refractivity contribution is 0.413. The van der Waals surface area contributed by atoms with Gasteiger partial charge in [0, 0.05) is 24.3 Å². The number of nitrogens with one attached hydrogen (secondary N) is 1. The molecule has 1 N–H and O–H groups in total. The molecule has 1 atom stereocenters. The summed E-state index contributed by atoms with van der Waals surface area (Å²) in [5.41, 5.74) is 4.43. The maximum atomic E-state index is 5.30. The predicted molar refractivity (Wildman–Crippen MR) is 104 cm³/mol. The Morgan fingerprint density at radius 3 is 2.42 bits per heavy atom. The van der Waals surface area contributed by atoms with Gasteiger partial charge < -0.3 is 14.8 Å². The Balaban J connectivity index is 1.68. The van der Waals surface area contributed by atoms with E-state index in [1.165, 1.54) is 11.1 Å². The van der Waals surface area contributed by atoms with Gasteiger partial charge in [-0.05, 0) is 66.6 Å². The third-order valence-electron chi connectivity index (χ3n) is 4.42. The Hall–Kier alpha value is -2.85. The Bertz CT molecular complexity index is 847. The van der Waals surface area contributed by atoms with Gasteiger partial charge in [0.15, 0.2) is 0 Å². The van der Waals surface area contributed by atoms with Crippen molar-refractivity contribution in [3.63, 3.8) is 0 Å². The fourth-order valence-corrected chi connectivity index (χ4v) is 2.80. The Morgan fingerprint density at radius 1 is 0.923 bits per heavy atom. The van der Waals surface area contributed by atoms with Crippen molar-refractivity contribution in [3.8, 4) is 22.8 Å². The highest BCUT2D eigenvalue weighted by Gasteiger charge is 2.07. The van der Waals surface area contributed by atoms with Crippen molar-refractivity contribution in [1.82, 2.24) is 10.3 Å². The average molecular weight is 348 g/mol. The van der Waals surface area contributed by atoms with Crippen LogP contribution in [-0.2, 0) is 6.54 Å². The first-order valence-corrected chi connectivity index (χ1v) is 8.66. The normalized spacial score (nSPS) is 11.8. The number of ether oxygens (including phenoxy) is 2. The number of nitrogens with zero attached hydrogens (tertiary/aromatic N) is 1. The van der Waals surface area contributed by atoms with Crippen LogP contribution in [0.1, 0.15) is 24.1 Å². The lowest BCUT2D eigenvalue weighted by Gasteiger charge is -2.15. The molecule has 0 saturated heterocycles. The average Bonchev–Trinajstić information content (AvgIpc) is 2.72. The molecule has 0 aliphatic carbocycles. The SMILES string of the molecule is COc1ccc(-c2cc(CN[C@H](C)c3cccc(OC)c3)ccn2)cc1. The van der Waals surface area contributed by atoms with Crippen molar-refractivity contribution in [2.24, 2.45) is 0 Å². The molecule has 0 aliphatic heterocycles. The van der Waals surface area contributed by atoms with E-state index in [0.29, 0.717) is 0 Å². The molecule has 2 aromatic carbocycles. The summed E-state index contributed by atoms with van der Waals surface area (Å²) in [6.45, 7) is 2.92.